The summed E-state index contributed by atoms with van der Waals surface area (Å²) >= 11 is 0. The van der Waals surface area contributed by atoms with E-state index in [2.05, 4.69) is 5.32 Å². The molecule has 2 rings (SSSR count). The quantitative estimate of drug-likeness (QED) is 0.780. The molecule has 0 aliphatic carbocycles. The Kier molecular flexibility index (Phi) is 6.89. The van der Waals surface area contributed by atoms with E-state index < -0.39 is 0 Å². The molecule has 0 aromatic heterocycles. The van der Waals surface area contributed by atoms with E-state index in [4.69, 9.17) is 14.2 Å². The number of amides is 1. The molecule has 0 heterocycles. The van der Waals surface area contributed by atoms with Crippen molar-refractivity contribution in [2.75, 3.05) is 21.3 Å². The van der Waals surface area contributed by atoms with Crippen molar-refractivity contribution in [3.05, 3.63) is 53.1 Å². The maximum atomic E-state index is 12.4. The number of aryl methyl sites for hydroxylation is 2. The number of rotatable bonds is 8. The van der Waals surface area contributed by atoms with Crippen LogP contribution in [0.3, 0.4) is 0 Å². The number of ether oxygens (including phenoxy) is 3. The van der Waals surface area contributed by atoms with Crippen LogP contribution in [0.2, 0.25) is 0 Å². The van der Waals surface area contributed by atoms with E-state index in [9.17, 15) is 4.79 Å². The molecule has 1 atom stereocenters. The molecule has 0 saturated heterocycles. The minimum atomic E-state index is -0.128. The van der Waals surface area contributed by atoms with E-state index in [0.717, 1.165) is 33.9 Å². The molecule has 0 saturated carbocycles. The summed E-state index contributed by atoms with van der Waals surface area (Å²) in [6.07, 6.45) is 0.992. The Labute approximate surface area is 155 Å². The van der Waals surface area contributed by atoms with Crippen LogP contribution in [0, 0.1) is 6.92 Å². The highest BCUT2D eigenvalue weighted by Crippen LogP contribution is 2.26. The number of methoxy groups -OCH3 is 3. The van der Waals surface area contributed by atoms with E-state index in [-0.39, 0.29) is 11.9 Å². The van der Waals surface area contributed by atoms with Crippen LogP contribution in [0.25, 0.3) is 0 Å². The smallest absolute Gasteiger partial charge is 0.220 e. The topological polar surface area (TPSA) is 56.8 Å². The van der Waals surface area contributed by atoms with Gasteiger partial charge in [0.2, 0.25) is 5.91 Å². The van der Waals surface area contributed by atoms with E-state index in [1.54, 1.807) is 21.3 Å². The number of hydrogen-bond acceptors (Lipinski definition) is 4. The van der Waals surface area contributed by atoms with Crippen molar-refractivity contribution in [2.45, 2.75) is 32.7 Å². The molecule has 1 N–H and O–H groups in total. The van der Waals surface area contributed by atoms with Crippen LogP contribution >= 0.6 is 0 Å². The third-order valence-corrected chi connectivity index (χ3v) is 4.28. The second-order valence-corrected chi connectivity index (χ2v) is 6.26. The average Bonchev–Trinajstić information content (AvgIpc) is 2.65. The van der Waals surface area contributed by atoms with Gasteiger partial charge in [-0.1, -0.05) is 17.7 Å². The van der Waals surface area contributed by atoms with Gasteiger partial charge in [0.15, 0.2) is 0 Å². The Hall–Kier alpha value is -2.69. The molecule has 5 nitrogen and oxygen atoms in total. The van der Waals surface area contributed by atoms with Gasteiger partial charge in [-0.05, 0) is 44.0 Å². The third-order valence-electron chi connectivity index (χ3n) is 4.28. The summed E-state index contributed by atoms with van der Waals surface area (Å²) in [4.78, 5) is 12.4. The van der Waals surface area contributed by atoms with Gasteiger partial charge in [-0.25, -0.2) is 0 Å². The highest BCUT2D eigenvalue weighted by Gasteiger charge is 2.14. The standard InChI is InChI=1S/C21H27NO4/c1-14-6-8-20(26-5)19(10-14)15(2)22-21(23)9-7-16-11-17(24-3)13-18(12-16)25-4/h6,8,10-13,15H,7,9H2,1-5H3,(H,22,23). The van der Waals surface area contributed by atoms with Gasteiger partial charge in [0.05, 0.1) is 27.4 Å². The lowest BCUT2D eigenvalue weighted by molar-refractivity contribution is -0.121. The molecule has 26 heavy (non-hydrogen) atoms. The van der Waals surface area contributed by atoms with E-state index in [0.29, 0.717) is 12.8 Å². The van der Waals surface area contributed by atoms with Crippen LogP contribution in [0.4, 0.5) is 0 Å². The molecule has 2 aromatic rings. The van der Waals surface area contributed by atoms with Gasteiger partial charge in [-0.3, -0.25) is 4.79 Å². The molecule has 0 spiro atoms. The number of benzene rings is 2. The van der Waals surface area contributed by atoms with Crippen molar-refractivity contribution in [3.8, 4) is 17.2 Å². The predicted octanol–water partition coefficient (Wildman–Crippen LogP) is 3.83. The zero-order valence-corrected chi connectivity index (χ0v) is 16.1. The first kappa shape index (κ1) is 19.6. The van der Waals surface area contributed by atoms with Crippen molar-refractivity contribution >= 4 is 5.91 Å². The van der Waals surface area contributed by atoms with Crippen molar-refractivity contribution in [3.63, 3.8) is 0 Å². The van der Waals surface area contributed by atoms with Gasteiger partial charge in [0.25, 0.3) is 0 Å². The Morgan fingerprint density at radius 1 is 1.00 bits per heavy atom. The molecule has 1 unspecified atom stereocenters. The van der Waals surface area contributed by atoms with Crippen molar-refractivity contribution in [1.82, 2.24) is 5.32 Å². The van der Waals surface area contributed by atoms with Gasteiger partial charge in [0, 0.05) is 18.1 Å². The monoisotopic (exact) mass is 357 g/mol. The second-order valence-electron chi connectivity index (χ2n) is 6.26. The third kappa shape index (κ3) is 5.15. The summed E-state index contributed by atoms with van der Waals surface area (Å²) in [7, 11) is 4.86. The van der Waals surface area contributed by atoms with Crippen LogP contribution < -0.4 is 19.5 Å². The minimum Gasteiger partial charge on any atom is -0.497 e. The summed E-state index contributed by atoms with van der Waals surface area (Å²) in [5, 5.41) is 3.04. The SMILES string of the molecule is COc1cc(CCC(=O)NC(C)c2cc(C)ccc2OC)cc(OC)c1. The van der Waals surface area contributed by atoms with Gasteiger partial charge >= 0.3 is 0 Å². The summed E-state index contributed by atoms with van der Waals surface area (Å²) in [6, 6.07) is 11.5. The lowest BCUT2D eigenvalue weighted by atomic mass is 10.0. The summed E-state index contributed by atoms with van der Waals surface area (Å²) in [6.45, 7) is 3.98. The summed E-state index contributed by atoms with van der Waals surface area (Å²) < 4.78 is 15.9. The van der Waals surface area contributed by atoms with Gasteiger partial charge in [-0.15, -0.1) is 0 Å². The lowest BCUT2D eigenvalue weighted by Gasteiger charge is -2.18. The fourth-order valence-electron chi connectivity index (χ4n) is 2.85. The highest BCUT2D eigenvalue weighted by atomic mass is 16.5. The Morgan fingerprint density at radius 3 is 2.23 bits per heavy atom. The van der Waals surface area contributed by atoms with Crippen LogP contribution in [0.15, 0.2) is 36.4 Å². The summed E-state index contributed by atoms with van der Waals surface area (Å²) in [5.74, 6) is 2.21. The van der Waals surface area contributed by atoms with Gasteiger partial charge in [-0.2, -0.15) is 0 Å². The van der Waals surface area contributed by atoms with Crippen LogP contribution in [-0.4, -0.2) is 27.2 Å². The number of carbonyl (C=O) groups excluding carboxylic acids is 1. The van der Waals surface area contributed by atoms with Gasteiger partial charge < -0.3 is 19.5 Å². The molecule has 0 bridgehead atoms. The molecule has 1 amide bonds. The Bertz CT molecular complexity index is 735. The number of nitrogens with one attached hydrogen (secondary N) is 1. The molecule has 5 heteroatoms. The predicted molar refractivity (Wildman–Crippen MR) is 102 cm³/mol. The fraction of sp³-hybridized carbons (Fsp3) is 0.381. The minimum absolute atomic E-state index is 0.0113. The van der Waals surface area contributed by atoms with Crippen LogP contribution in [-0.2, 0) is 11.2 Å². The fourth-order valence-corrected chi connectivity index (χ4v) is 2.85. The molecule has 140 valence electrons. The second kappa shape index (κ2) is 9.13. The van der Waals surface area contributed by atoms with Crippen LogP contribution in [0.5, 0.6) is 17.2 Å². The molecular weight excluding hydrogens is 330 g/mol. The zero-order chi connectivity index (χ0) is 19.1. The van der Waals surface area contributed by atoms with Crippen molar-refractivity contribution < 1.29 is 19.0 Å². The average molecular weight is 357 g/mol. The maximum absolute atomic E-state index is 12.4. The lowest BCUT2D eigenvalue weighted by Crippen LogP contribution is -2.27. The van der Waals surface area contributed by atoms with Gasteiger partial charge in [0.1, 0.15) is 17.2 Å². The zero-order valence-electron chi connectivity index (χ0n) is 16.1. The summed E-state index contributed by atoms with van der Waals surface area (Å²) in [5.41, 5.74) is 3.10. The first-order chi connectivity index (χ1) is 12.5. The molecular formula is C21H27NO4. The van der Waals surface area contributed by atoms with E-state index >= 15 is 0 Å². The van der Waals surface area contributed by atoms with E-state index in [1.165, 1.54) is 0 Å². The molecule has 2 aromatic carbocycles. The normalized spacial score (nSPS) is 11.6. The largest absolute Gasteiger partial charge is 0.497 e. The van der Waals surface area contributed by atoms with Crippen molar-refractivity contribution in [2.24, 2.45) is 0 Å². The highest BCUT2D eigenvalue weighted by molar-refractivity contribution is 5.76. The molecule has 0 radical (unpaired) electrons. The van der Waals surface area contributed by atoms with E-state index in [1.807, 2.05) is 50.2 Å². The molecule has 0 aliphatic heterocycles. The van der Waals surface area contributed by atoms with Crippen molar-refractivity contribution in [1.29, 1.82) is 0 Å². The number of hydrogen-bond donors (Lipinski definition) is 1. The maximum Gasteiger partial charge on any atom is 0.220 e. The molecule has 0 fully saturated rings. The Morgan fingerprint density at radius 2 is 1.65 bits per heavy atom. The first-order valence-corrected chi connectivity index (χ1v) is 8.62. The van der Waals surface area contributed by atoms with Crippen LogP contribution in [0.1, 0.15) is 36.1 Å². The number of carbonyl (C=O) groups is 1. The first-order valence-electron chi connectivity index (χ1n) is 8.62. The Balaban J connectivity index is 2.00. The molecule has 0 aliphatic rings.